The van der Waals surface area contributed by atoms with Crippen molar-refractivity contribution >= 4 is 15.1 Å². The van der Waals surface area contributed by atoms with Gasteiger partial charge in [0.15, 0.2) is 9.04 Å². The number of allylic oxidation sites excluding steroid dienone is 1. The number of rotatable bonds is 0. The van der Waals surface area contributed by atoms with Gasteiger partial charge in [-0.25, -0.2) is 0 Å². The van der Waals surface area contributed by atoms with E-state index in [1.807, 2.05) is 19.2 Å². The van der Waals surface area contributed by atoms with Crippen LogP contribution in [-0.2, 0) is 32.6 Å². The summed E-state index contributed by atoms with van der Waals surface area (Å²) in [7, 11) is -1.14. The summed E-state index contributed by atoms with van der Waals surface area (Å²) in [6.07, 6.45) is 4.91. The molecule has 2 nitrogen and oxygen atoms in total. The minimum atomic E-state index is -1.14. The van der Waals surface area contributed by atoms with Gasteiger partial charge in [0, 0.05) is 5.56 Å². The normalized spacial score (nSPS) is 10.9. The Morgan fingerprint density at radius 1 is 1.31 bits per heavy atom. The third-order valence-electron chi connectivity index (χ3n) is 1.63. The van der Waals surface area contributed by atoms with E-state index < -0.39 is 9.04 Å². The van der Waals surface area contributed by atoms with Crippen molar-refractivity contribution in [3.63, 3.8) is 0 Å². The molecule has 90 valence electrons. The average Bonchev–Trinajstić information content (AvgIpc) is 2.43. The quantitative estimate of drug-likeness (QED) is 0.483. The fourth-order valence-corrected chi connectivity index (χ4v) is 1.20. The van der Waals surface area contributed by atoms with Crippen molar-refractivity contribution in [3.05, 3.63) is 29.2 Å². The summed E-state index contributed by atoms with van der Waals surface area (Å²) in [5, 5.41) is 0. The van der Waals surface area contributed by atoms with Gasteiger partial charge in [-0.15, -0.1) is 0 Å². The molecule has 1 aromatic heterocycles. The molecule has 0 aliphatic heterocycles. The first-order valence-corrected chi connectivity index (χ1v) is 7.33. The van der Waals surface area contributed by atoms with Crippen LogP contribution < -0.4 is 24.8 Å². The molecule has 1 heterocycles. The largest absolute Gasteiger partial charge is 2.00 e. The molecular weight excluding hydrogens is 342 g/mol. The van der Waals surface area contributed by atoms with E-state index in [1.165, 1.54) is 11.1 Å². The van der Waals surface area contributed by atoms with Gasteiger partial charge in [0.25, 0.3) is 0 Å². The second-order valence-electron chi connectivity index (χ2n) is 3.57. The van der Waals surface area contributed by atoms with Gasteiger partial charge in [-0.3, -0.25) is 0 Å². The summed E-state index contributed by atoms with van der Waals surface area (Å²) in [5.74, 6) is 1.05. The molecule has 0 saturated heterocycles. The molecule has 0 fully saturated rings. The first kappa shape index (κ1) is 21.9. The molecule has 0 amide bonds. The minimum absolute atomic E-state index is 0. The van der Waals surface area contributed by atoms with Crippen molar-refractivity contribution in [3.8, 4) is 0 Å². The van der Waals surface area contributed by atoms with Crippen LogP contribution in [-0.4, -0.2) is 13.8 Å². The molecule has 1 aromatic rings. The summed E-state index contributed by atoms with van der Waals surface area (Å²) in [6, 6.07) is 2.03. The van der Waals surface area contributed by atoms with Crippen LogP contribution >= 0.6 is 0 Å². The second kappa shape index (κ2) is 10.8. The van der Waals surface area contributed by atoms with Crippen LogP contribution in [0.1, 0.15) is 18.2 Å². The third kappa shape index (κ3) is 7.86. The fraction of sp³-hybridized carbons (Fsp3) is 0.400. The zero-order valence-electron chi connectivity index (χ0n) is 9.63. The fourth-order valence-electron chi connectivity index (χ4n) is 1.20. The zero-order chi connectivity index (χ0) is 9.84. The Labute approximate surface area is 130 Å². The van der Waals surface area contributed by atoms with Crippen molar-refractivity contribution < 1.29 is 60.2 Å². The van der Waals surface area contributed by atoms with Crippen molar-refractivity contribution in [2.45, 2.75) is 26.4 Å². The van der Waals surface area contributed by atoms with E-state index in [-0.39, 0.29) is 51.0 Å². The number of hydrogen-bond donors (Lipinski definition) is 1. The summed E-state index contributed by atoms with van der Waals surface area (Å²) in [6.45, 7) is 5.84. The molecule has 1 aliphatic carbocycles. The molecular formula is C10H16Cl2O2SiZr. The van der Waals surface area contributed by atoms with Gasteiger partial charge in [-0.2, -0.15) is 0 Å². The zero-order valence-corrected chi connectivity index (χ0v) is 14.8. The van der Waals surface area contributed by atoms with E-state index in [0.717, 1.165) is 12.2 Å². The first-order chi connectivity index (χ1) is 6.09. The SMILES string of the molecule is CC1=Cc2occc2C1.C[SiH](C)O.[Cl-].[Cl-].[Zr+2]. The van der Waals surface area contributed by atoms with Crippen LogP contribution in [0.4, 0.5) is 0 Å². The molecule has 0 unspecified atom stereocenters. The predicted octanol–water partition coefficient (Wildman–Crippen LogP) is -3.79. The molecule has 0 bridgehead atoms. The molecule has 2 rings (SSSR count). The topological polar surface area (TPSA) is 33.4 Å². The Morgan fingerprint density at radius 3 is 2.25 bits per heavy atom. The minimum Gasteiger partial charge on any atom is -1.00 e. The first-order valence-electron chi connectivity index (χ1n) is 4.51. The Hall–Kier alpha value is 0.660. The van der Waals surface area contributed by atoms with Crippen LogP contribution in [0, 0.1) is 0 Å². The molecule has 0 spiro atoms. The molecule has 16 heavy (non-hydrogen) atoms. The van der Waals surface area contributed by atoms with E-state index in [0.29, 0.717) is 0 Å². The van der Waals surface area contributed by atoms with E-state index in [2.05, 4.69) is 13.0 Å². The number of fused-ring (bicyclic) bond motifs is 1. The van der Waals surface area contributed by atoms with Gasteiger partial charge in [-0.1, -0.05) is 5.57 Å². The van der Waals surface area contributed by atoms with Crippen LogP contribution in [0.15, 0.2) is 22.3 Å². The molecule has 0 aromatic carbocycles. The summed E-state index contributed by atoms with van der Waals surface area (Å²) in [5.41, 5.74) is 2.72. The molecule has 0 saturated carbocycles. The standard InChI is InChI=1S/C8H8O.C2H8OSi.2ClH.Zr/c1-6-4-7-2-3-9-8(7)5-6;1-4(2)3;;;/h2-3,5H,4H2,1H3;3-4H,1-2H3;2*1H;/q;;;;+2/p-2. The average molecular weight is 358 g/mol. The predicted molar refractivity (Wildman–Crippen MR) is 57.2 cm³/mol. The third-order valence-corrected chi connectivity index (χ3v) is 1.63. The van der Waals surface area contributed by atoms with E-state index in [9.17, 15) is 0 Å². The Kier molecular flexibility index (Phi) is 14.8. The van der Waals surface area contributed by atoms with Gasteiger partial charge < -0.3 is 34.0 Å². The summed E-state index contributed by atoms with van der Waals surface area (Å²) >= 11 is 0. The maximum absolute atomic E-state index is 8.19. The smallest absolute Gasteiger partial charge is 1.00 e. The monoisotopic (exact) mass is 356 g/mol. The van der Waals surface area contributed by atoms with E-state index in [4.69, 9.17) is 9.21 Å². The van der Waals surface area contributed by atoms with Crippen molar-refractivity contribution in [2.24, 2.45) is 0 Å². The van der Waals surface area contributed by atoms with Crippen molar-refractivity contribution in [1.29, 1.82) is 0 Å². The van der Waals surface area contributed by atoms with Crippen LogP contribution in [0.3, 0.4) is 0 Å². The van der Waals surface area contributed by atoms with Gasteiger partial charge >= 0.3 is 26.2 Å². The van der Waals surface area contributed by atoms with Crippen LogP contribution in [0.25, 0.3) is 6.08 Å². The van der Waals surface area contributed by atoms with Crippen molar-refractivity contribution in [2.75, 3.05) is 0 Å². The number of furan rings is 1. The molecule has 6 heteroatoms. The van der Waals surface area contributed by atoms with E-state index >= 15 is 0 Å². The van der Waals surface area contributed by atoms with Gasteiger partial charge in [-0.05, 0) is 38.6 Å². The number of halogens is 2. The van der Waals surface area contributed by atoms with Crippen molar-refractivity contribution in [1.82, 2.24) is 0 Å². The maximum Gasteiger partial charge on any atom is 2.00 e. The van der Waals surface area contributed by atoms with Gasteiger partial charge in [0.05, 0.1) is 6.26 Å². The van der Waals surface area contributed by atoms with Crippen LogP contribution in [0.2, 0.25) is 13.1 Å². The Morgan fingerprint density at radius 2 is 1.81 bits per heavy atom. The molecule has 0 radical (unpaired) electrons. The van der Waals surface area contributed by atoms with E-state index in [1.54, 1.807) is 6.26 Å². The maximum atomic E-state index is 8.19. The molecule has 1 N–H and O–H groups in total. The summed E-state index contributed by atoms with van der Waals surface area (Å²) < 4.78 is 5.17. The second-order valence-corrected chi connectivity index (χ2v) is 5.76. The van der Waals surface area contributed by atoms with Gasteiger partial charge in [0.2, 0.25) is 0 Å². The number of hydrogen-bond acceptors (Lipinski definition) is 2. The Bertz CT molecular complexity index is 311. The van der Waals surface area contributed by atoms with Gasteiger partial charge in [0.1, 0.15) is 5.76 Å². The summed E-state index contributed by atoms with van der Waals surface area (Å²) in [4.78, 5) is 8.19. The molecule has 1 aliphatic rings. The molecule has 0 atom stereocenters. The van der Waals surface area contributed by atoms with Crippen LogP contribution in [0.5, 0.6) is 0 Å². The Balaban J connectivity index is -0.000000218.